The van der Waals surface area contributed by atoms with Gasteiger partial charge in [-0.05, 0) is 43.7 Å². The monoisotopic (exact) mass is 303 g/mol. The molecular weight excluding hydrogens is 278 g/mol. The smallest absolute Gasteiger partial charge is 0.0727 e. The Balaban J connectivity index is 1.95. The summed E-state index contributed by atoms with van der Waals surface area (Å²) < 4.78 is 2.12. The highest BCUT2D eigenvalue weighted by Crippen LogP contribution is 2.24. The van der Waals surface area contributed by atoms with Crippen LogP contribution in [0.4, 0.5) is 0 Å². The van der Waals surface area contributed by atoms with E-state index >= 15 is 0 Å². The summed E-state index contributed by atoms with van der Waals surface area (Å²) in [6.45, 7) is 5.35. The average molecular weight is 303 g/mol. The van der Waals surface area contributed by atoms with Crippen LogP contribution >= 0.6 is 11.8 Å². The summed E-state index contributed by atoms with van der Waals surface area (Å²) >= 11 is 1.85. The van der Waals surface area contributed by atoms with E-state index in [2.05, 4.69) is 60.4 Å². The number of hydrogen-bond donors (Lipinski definition) is 1. The lowest BCUT2D eigenvalue weighted by Crippen LogP contribution is -2.07. The van der Waals surface area contributed by atoms with Crippen molar-refractivity contribution in [2.45, 2.75) is 49.9 Å². The van der Waals surface area contributed by atoms with Crippen molar-refractivity contribution in [2.75, 3.05) is 7.05 Å². The zero-order chi connectivity index (χ0) is 15.1. The predicted molar refractivity (Wildman–Crippen MR) is 90.6 cm³/mol. The van der Waals surface area contributed by atoms with Crippen LogP contribution in [0.25, 0.3) is 0 Å². The Labute approximate surface area is 132 Å². The van der Waals surface area contributed by atoms with Gasteiger partial charge < -0.3 is 5.32 Å². The van der Waals surface area contributed by atoms with Gasteiger partial charge in [-0.15, -0.1) is 11.8 Å². The normalized spacial score (nSPS) is 11.2. The fraction of sp³-hybridized carbons (Fsp3) is 0.471. The molecule has 4 heteroatoms. The molecule has 2 rings (SSSR count). The molecule has 0 atom stereocenters. The van der Waals surface area contributed by atoms with Crippen LogP contribution in [0.1, 0.15) is 44.0 Å². The first-order valence-electron chi connectivity index (χ1n) is 7.67. The van der Waals surface area contributed by atoms with Gasteiger partial charge in [0.25, 0.3) is 0 Å². The molecule has 1 N–H and O–H groups in total. The van der Waals surface area contributed by atoms with Gasteiger partial charge in [0.15, 0.2) is 0 Å². The van der Waals surface area contributed by atoms with Gasteiger partial charge in [0.2, 0.25) is 0 Å². The Morgan fingerprint density at radius 2 is 2.05 bits per heavy atom. The van der Waals surface area contributed by atoms with Gasteiger partial charge in [0, 0.05) is 23.4 Å². The van der Waals surface area contributed by atoms with E-state index in [9.17, 15) is 0 Å². The zero-order valence-electron chi connectivity index (χ0n) is 13.2. The number of aromatic nitrogens is 2. The molecule has 0 amide bonds. The maximum atomic E-state index is 4.71. The van der Waals surface area contributed by atoms with E-state index in [0.29, 0.717) is 6.04 Å². The molecule has 2 aromatic rings. The van der Waals surface area contributed by atoms with Crippen LogP contribution < -0.4 is 5.32 Å². The maximum absolute atomic E-state index is 4.71. The zero-order valence-corrected chi connectivity index (χ0v) is 14.0. The van der Waals surface area contributed by atoms with E-state index < -0.39 is 0 Å². The van der Waals surface area contributed by atoms with Gasteiger partial charge in [0.1, 0.15) is 0 Å². The lowest BCUT2D eigenvalue weighted by atomic mass is 10.2. The minimum Gasteiger partial charge on any atom is -0.316 e. The Morgan fingerprint density at radius 1 is 1.24 bits per heavy atom. The highest BCUT2D eigenvalue weighted by atomic mass is 32.2. The van der Waals surface area contributed by atoms with Gasteiger partial charge in [-0.25, -0.2) is 0 Å². The molecule has 0 aliphatic heterocycles. The molecule has 3 nitrogen and oxygen atoms in total. The fourth-order valence-electron chi connectivity index (χ4n) is 2.43. The van der Waals surface area contributed by atoms with Crippen molar-refractivity contribution in [3.05, 3.63) is 47.8 Å². The molecular formula is C17H25N3S. The first kappa shape index (κ1) is 16.1. The SMILES string of the molecule is CCC(CC)n1ccc(CSc2cccc(CNC)c2)n1. The third-order valence-electron chi connectivity index (χ3n) is 3.65. The number of thioether (sulfide) groups is 1. The van der Waals surface area contributed by atoms with Crippen LogP contribution in [0.15, 0.2) is 41.4 Å². The van der Waals surface area contributed by atoms with Crippen molar-refractivity contribution in [3.63, 3.8) is 0 Å². The topological polar surface area (TPSA) is 29.9 Å². The van der Waals surface area contributed by atoms with Crippen LogP contribution in [-0.2, 0) is 12.3 Å². The van der Waals surface area contributed by atoms with Gasteiger partial charge in [-0.3, -0.25) is 4.68 Å². The minimum absolute atomic E-state index is 0.530. The number of rotatable bonds is 8. The molecule has 0 unspecified atom stereocenters. The molecule has 0 fully saturated rings. The van der Waals surface area contributed by atoms with Crippen molar-refractivity contribution < 1.29 is 0 Å². The van der Waals surface area contributed by atoms with E-state index in [-0.39, 0.29) is 0 Å². The van der Waals surface area contributed by atoms with E-state index in [0.717, 1.165) is 30.8 Å². The number of hydrogen-bond acceptors (Lipinski definition) is 3. The molecule has 0 bridgehead atoms. The first-order chi connectivity index (χ1) is 10.3. The van der Waals surface area contributed by atoms with Crippen LogP contribution in [0.3, 0.4) is 0 Å². The second kappa shape index (κ2) is 8.25. The second-order valence-electron chi connectivity index (χ2n) is 5.22. The predicted octanol–water partition coefficient (Wildman–Crippen LogP) is 4.26. The maximum Gasteiger partial charge on any atom is 0.0727 e. The third-order valence-corrected chi connectivity index (χ3v) is 4.67. The van der Waals surface area contributed by atoms with Crippen LogP contribution in [-0.4, -0.2) is 16.8 Å². The summed E-state index contributed by atoms with van der Waals surface area (Å²) in [5.74, 6) is 0.927. The molecule has 0 radical (unpaired) electrons. The van der Waals surface area contributed by atoms with E-state index in [1.807, 2.05) is 18.8 Å². The molecule has 0 saturated carbocycles. The quantitative estimate of drug-likeness (QED) is 0.739. The second-order valence-corrected chi connectivity index (χ2v) is 6.27. The van der Waals surface area contributed by atoms with Crippen LogP contribution in [0.2, 0.25) is 0 Å². The van der Waals surface area contributed by atoms with E-state index in [1.165, 1.54) is 10.5 Å². The van der Waals surface area contributed by atoms with Gasteiger partial charge in [-0.1, -0.05) is 26.0 Å². The molecule has 114 valence electrons. The summed E-state index contributed by atoms with van der Waals surface area (Å²) in [4.78, 5) is 1.31. The number of nitrogens with zero attached hydrogens (tertiary/aromatic N) is 2. The Kier molecular flexibility index (Phi) is 6.33. The molecule has 0 aliphatic rings. The minimum atomic E-state index is 0.530. The molecule has 0 spiro atoms. The lowest BCUT2D eigenvalue weighted by Gasteiger charge is -2.12. The molecule has 21 heavy (non-hydrogen) atoms. The molecule has 1 aromatic heterocycles. The third kappa shape index (κ3) is 4.61. The summed E-state index contributed by atoms with van der Waals surface area (Å²) in [5.41, 5.74) is 2.48. The summed E-state index contributed by atoms with van der Waals surface area (Å²) in [6.07, 6.45) is 4.39. The van der Waals surface area contributed by atoms with Crippen molar-refractivity contribution in [1.29, 1.82) is 0 Å². The van der Waals surface area contributed by atoms with Gasteiger partial charge in [-0.2, -0.15) is 5.10 Å². The van der Waals surface area contributed by atoms with Crippen LogP contribution in [0, 0.1) is 0 Å². The van der Waals surface area contributed by atoms with Crippen molar-refractivity contribution in [2.24, 2.45) is 0 Å². The van der Waals surface area contributed by atoms with E-state index in [4.69, 9.17) is 5.10 Å². The summed E-state index contributed by atoms with van der Waals surface area (Å²) in [5, 5.41) is 7.90. The largest absolute Gasteiger partial charge is 0.316 e. The van der Waals surface area contributed by atoms with Crippen LogP contribution in [0.5, 0.6) is 0 Å². The van der Waals surface area contributed by atoms with Crippen molar-refractivity contribution >= 4 is 11.8 Å². The standard InChI is InChI=1S/C17H25N3S/c1-4-16(5-2)20-10-9-15(19-20)13-21-17-8-6-7-14(11-17)12-18-3/h6-11,16,18H,4-5,12-13H2,1-3H3. The molecule has 0 saturated heterocycles. The number of benzene rings is 1. The summed E-state index contributed by atoms with van der Waals surface area (Å²) in [6, 6.07) is 11.4. The highest BCUT2D eigenvalue weighted by Gasteiger charge is 2.08. The molecule has 1 aromatic carbocycles. The first-order valence-corrected chi connectivity index (χ1v) is 8.65. The molecule has 1 heterocycles. The lowest BCUT2D eigenvalue weighted by molar-refractivity contribution is 0.426. The Morgan fingerprint density at radius 3 is 2.76 bits per heavy atom. The number of nitrogens with one attached hydrogen (secondary N) is 1. The Hall–Kier alpha value is -1.26. The molecule has 0 aliphatic carbocycles. The van der Waals surface area contributed by atoms with Gasteiger partial charge in [0.05, 0.1) is 11.7 Å². The highest BCUT2D eigenvalue weighted by molar-refractivity contribution is 7.98. The Bertz CT molecular complexity index is 546. The van der Waals surface area contributed by atoms with Crippen molar-refractivity contribution in [1.82, 2.24) is 15.1 Å². The van der Waals surface area contributed by atoms with Crippen molar-refractivity contribution in [3.8, 4) is 0 Å². The average Bonchev–Trinajstić information content (AvgIpc) is 2.96. The fourth-order valence-corrected chi connectivity index (χ4v) is 3.31. The van der Waals surface area contributed by atoms with Gasteiger partial charge >= 0.3 is 0 Å². The summed E-state index contributed by atoms with van der Waals surface area (Å²) in [7, 11) is 1.98. The van der Waals surface area contributed by atoms with E-state index in [1.54, 1.807) is 0 Å².